The number of rotatable bonds is 4. The highest BCUT2D eigenvalue weighted by Gasteiger charge is 2.44. The maximum Gasteiger partial charge on any atom is 0.338 e. The van der Waals surface area contributed by atoms with Gasteiger partial charge in [0.1, 0.15) is 5.60 Å². The average molecular weight is 218 g/mol. The van der Waals surface area contributed by atoms with E-state index in [-0.39, 0.29) is 13.0 Å². The van der Waals surface area contributed by atoms with Crippen molar-refractivity contribution in [2.75, 3.05) is 6.54 Å². The Kier molecular flexibility index (Phi) is 4.24. The van der Waals surface area contributed by atoms with Gasteiger partial charge in [-0.2, -0.15) is 0 Å². The Labute approximate surface area is 88.6 Å². The number of esters is 1. The molecule has 5 N–H and O–H groups in total. The van der Waals surface area contributed by atoms with Gasteiger partial charge in [-0.15, -0.1) is 0 Å². The van der Waals surface area contributed by atoms with Crippen LogP contribution in [0.1, 0.15) is 27.2 Å². The number of ether oxygens (including phenoxy) is 1. The first kappa shape index (κ1) is 13.9. The lowest BCUT2D eigenvalue weighted by Crippen LogP contribution is -2.58. The fourth-order valence-electron chi connectivity index (χ4n) is 0.893. The maximum absolute atomic E-state index is 11.5. The van der Waals surface area contributed by atoms with Gasteiger partial charge in [0, 0.05) is 0 Å². The van der Waals surface area contributed by atoms with E-state index < -0.39 is 23.1 Å². The zero-order valence-electron chi connectivity index (χ0n) is 9.24. The second-order valence-electron chi connectivity index (χ2n) is 4.32. The Morgan fingerprint density at radius 1 is 1.33 bits per heavy atom. The van der Waals surface area contributed by atoms with Crippen LogP contribution in [0.2, 0.25) is 0 Å². The molecule has 1 atom stereocenters. The molecule has 0 saturated carbocycles. The number of hydrogen-bond acceptors (Lipinski definition) is 5. The van der Waals surface area contributed by atoms with Gasteiger partial charge in [0.15, 0.2) is 0 Å². The minimum absolute atomic E-state index is 0.00203. The largest absolute Gasteiger partial charge is 0.479 e. The summed E-state index contributed by atoms with van der Waals surface area (Å²) >= 11 is 0. The van der Waals surface area contributed by atoms with Crippen LogP contribution in [-0.2, 0) is 14.3 Å². The highest BCUT2D eigenvalue weighted by atomic mass is 16.6. The number of carboxylic acids is 1. The molecule has 88 valence electrons. The van der Waals surface area contributed by atoms with Crippen molar-refractivity contribution in [2.24, 2.45) is 11.5 Å². The van der Waals surface area contributed by atoms with Crippen molar-refractivity contribution >= 4 is 11.9 Å². The molecule has 0 saturated heterocycles. The monoisotopic (exact) mass is 218 g/mol. The summed E-state index contributed by atoms with van der Waals surface area (Å²) in [5.74, 6) is -2.39. The average Bonchev–Trinajstić information content (AvgIpc) is 2.00. The maximum atomic E-state index is 11.5. The standard InChI is InChI=1S/C9H18N2O4/c1-8(2,3)15-7(14)9(11,4-5-10)6(12)13/h4-5,10-11H2,1-3H3,(H,12,13)/t9-/m0/s1. The van der Waals surface area contributed by atoms with E-state index in [1.165, 1.54) is 0 Å². The van der Waals surface area contributed by atoms with E-state index in [1.54, 1.807) is 20.8 Å². The van der Waals surface area contributed by atoms with Gasteiger partial charge in [-0.25, -0.2) is 9.59 Å². The molecule has 0 fully saturated rings. The van der Waals surface area contributed by atoms with Crippen molar-refractivity contribution in [3.63, 3.8) is 0 Å². The van der Waals surface area contributed by atoms with Crippen molar-refractivity contribution in [3.8, 4) is 0 Å². The molecule has 0 aliphatic carbocycles. The van der Waals surface area contributed by atoms with Gasteiger partial charge in [0.05, 0.1) is 0 Å². The van der Waals surface area contributed by atoms with E-state index in [9.17, 15) is 9.59 Å². The molecule has 0 radical (unpaired) electrons. The van der Waals surface area contributed by atoms with E-state index in [1.807, 2.05) is 0 Å². The summed E-state index contributed by atoms with van der Waals surface area (Å²) in [5.41, 5.74) is 7.83. The first-order valence-electron chi connectivity index (χ1n) is 4.59. The van der Waals surface area contributed by atoms with E-state index in [0.717, 1.165) is 0 Å². The predicted octanol–water partition coefficient (Wildman–Crippen LogP) is -0.541. The lowest BCUT2D eigenvalue weighted by Gasteiger charge is -2.27. The van der Waals surface area contributed by atoms with Crippen molar-refractivity contribution < 1.29 is 19.4 Å². The zero-order valence-corrected chi connectivity index (χ0v) is 9.24. The van der Waals surface area contributed by atoms with Crippen LogP contribution in [0.5, 0.6) is 0 Å². The summed E-state index contributed by atoms with van der Waals surface area (Å²) in [5, 5.41) is 8.85. The quantitative estimate of drug-likeness (QED) is 0.431. The minimum atomic E-state index is -2.05. The Hall–Kier alpha value is -1.14. The molecule has 0 aromatic rings. The topological polar surface area (TPSA) is 116 Å². The van der Waals surface area contributed by atoms with Crippen molar-refractivity contribution in [1.29, 1.82) is 0 Å². The molecule has 6 nitrogen and oxygen atoms in total. The molecule has 0 aliphatic heterocycles. The number of carboxylic acid groups (broad SMARTS) is 1. The predicted molar refractivity (Wildman–Crippen MR) is 54.1 cm³/mol. The van der Waals surface area contributed by atoms with Crippen LogP contribution in [0.25, 0.3) is 0 Å². The first-order chi connectivity index (χ1) is 6.63. The van der Waals surface area contributed by atoms with Crippen LogP contribution in [-0.4, -0.2) is 34.7 Å². The molecular formula is C9H18N2O4. The van der Waals surface area contributed by atoms with Gasteiger partial charge in [-0.05, 0) is 33.7 Å². The second-order valence-corrected chi connectivity index (χ2v) is 4.32. The van der Waals surface area contributed by atoms with Crippen LogP contribution < -0.4 is 11.5 Å². The number of hydrogen-bond donors (Lipinski definition) is 3. The summed E-state index contributed by atoms with van der Waals surface area (Å²) in [7, 11) is 0. The summed E-state index contributed by atoms with van der Waals surface area (Å²) in [6.07, 6.45) is -0.156. The highest BCUT2D eigenvalue weighted by Crippen LogP contribution is 2.15. The van der Waals surface area contributed by atoms with Crippen LogP contribution in [0, 0.1) is 0 Å². The second kappa shape index (κ2) is 4.59. The molecule has 0 amide bonds. The van der Waals surface area contributed by atoms with E-state index in [0.29, 0.717) is 0 Å². The molecule has 15 heavy (non-hydrogen) atoms. The van der Waals surface area contributed by atoms with Crippen LogP contribution in [0.15, 0.2) is 0 Å². The molecule has 0 aromatic carbocycles. The van der Waals surface area contributed by atoms with E-state index in [4.69, 9.17) is 21.3 Å². The molecule has 0 aliphatic rings. The molecule has 6 heteroatoms. The molecule has 0 spiro atoms. The number of carbonyl (C=O) groups is 2. The number of carbonyl (C=O) groups excluding carboxylic acids is 1. The SMILES string of the molecule is CC(C)(C)OC(=O)[C@](N)(CCN)C(=O)O. The summed E-state index contributed by atoms with van der Waals surface area (Å²) in [6, 6.07) is 0. The molecule has 0 heterocycles. The van der Waals surface area contributed by atoms with Gasteiger partial charge >= 0.3 is 11.9 Å². The Balaban J connectivity index is 4.79. The Morgan fingerprint density at radius 2 is 1.80 bits per heavy atom. The molecule has 0 bridgehead atoms. The lowest BCUT2D eigenvalue weighted by atomic mass is 9.96. The molecular weight excluding hydrogens is 200 g/mol. The van der Waals surface area contributed by atoms with E-state index >= 15 is 0 Å². The third-order valence-electron chi connectivity index (χ3n) is 1.68. The van der Waals surface area contributed by atoms with Crippen molar-refractivity contribution in [2.45, 2.75) is 38.3 Å². The summed E-state index contributed by atoms with van der Waals surface area (Å²) in [4.78, 5) is 22.4. The molecule has 0 aromatic heterocycles. The van der Waals surface area contributed by atoms with Crippen molar-refractivity contribution in [1.82, 2.24) is 0 Å². The van der Waals surface area contributed by atoms with Gasteiger partial charge < -0.3 is 21.3 Å². The lowest BCUT2D eigenvalue weighted by molar-refractivity contribution is -0.169. The Morgan fingerprint density at radius 3 is 2.07 bits per heavy atom. The normalized spacial score (nSPS) is 15.5. The highest BCUT2D eigenvalue weighted by molar-refractivity contribution is 6.03. The fourth-order valence-corrected chi connectivity index (χ4v) is 0.893. The van der Waals surface area contributed by atoms with Crippen LogP contribution in [0.3, 0.4) is 0 Å². The van der Waals surface area contributed by atoms with Gasteiger partial charge in [0.2, 0.25) is 5.54 Å². The van der Waals surface area contributed by atoms with E-state index in [2.05, 4.69) is 0 Å². The van der Waals surface area contributed by atoms with Crippen LogP contribution >= 0.6 is 0 Å². The van der Waals surface area contributed by atoms with Crippen molar-refractivity contribution in [3.05, 3.63) is 0 Å². The minimum Gasteiger partial charge on any atom is -0.479 e. The van der Waals surface area contributed by atoms with Gasteiger partial charge in [-0.1, -0.05) is 0 Å². The smallest absolute Gasteiger partial charge is 0.338 e. The first-order valence-corrected chi connectivity index (χ1v) is 4.59. The zero-order chi connectivity index (χ0) is 12.3. The van der Waals surface area contributed by atoms with Gasteiger partial charge in [-0.3, -0.25) is 0 Å². The fraction of sp³-hybridized carbons (Fsp3) is 0.778. The number of nitrogens with two attached hydrogens (primary N) is 2. The van der Waals surface area contributed by atoms with Crippen LogP contribution in [0.4, 0.5) is 0 Å². The third kappa shape index (κ3) is 3.85. The summed E-state index contributed by atoms with van der Waals surface area (Å²) in [6.45, 7) is 4.91. The molecule has 0 rings (SSSR count). The summed E-state index contributed by atoms with van der Waals surface area (Å²) < 4.78 is 4.92. The third-order valence-corrected chi connectivity index (χ3v) is 1.68. The Bertz CT molecular complexity index is 259. The van der Waals surface area contributed by atoms with Gasteiger partial charge in [0.25, 0.3) is 0 Å². The number of aliphatic carboxylic acids is 1. The molecule has 0 unspecified atom stereocenters.